The SMILES string of the molecule is COC(=O)[C@@H](Cc1cccc(C)c1)NC(=O)Cc1ccc(F)cc1F. The Morgan fingerprint density at radius 3 is 2.56 bits per heavy atom. The van der Waals surface area contributed by atoms with Crippen LogP contribution in [0, 0.1) is 18.6 Å². The fourth-order valence-electron chi connectivity index (χ4n) is 2.49. The number of rotatable bonds is 6. The van der Waals surface area contributed by atoms with Crippen LogP contribution in [0.1, 0.15) is 16.7 Å². The van der Waals surface area contributed by atoms with Crippen LogP contribution < -0.4 is 5.32 Å². The van der Waals surface area contributed by atoms with E-state index in [0.29, 0.717) is 6.07 Å². The van der Waals surface area contributed by atoms with Crippen LogP contribution in [0.25, 0.3) is 0 Å². The van der Waals surface area contributed by atoms with Crippen molar-refractivity contribution in [2.24, 2.45) is 0 Å². The number of hydrogen-bond donors (Lipinski definition) is 1. The van der Waals surface area contributed by atoms with Crippen LogP contribution in [0.2, 0.25) is 0 Å². The summed E-state index contributed by atoms with van der Waals surface area (Å²) >= 11 is 0. The van der Waals surface area contributed by atoms with Crippen molar-refractivity contribution >= 4 is 11.9 Å². The molecule has 0 spiro atoms. The van der Waals surface area contributed by atoms with Gasteiger partial charge < -0.3 is 10.1 Å². The second-order valence-electron chi connectivity index (χ2n) is 5.75. The van der Waals surface area contributed by atoms with E-state index in [2.05, 4.69) is 5.32 Å². The maximum absolute atomic E-state index is 13.7. The highest BCUT2D eigenvalue weighted by Crippen LogP contribution is 2.11. The van der Waals surface area contributed by atoms with Crippen molar-refractivity contribution in [3.63, 3.8) is 0 Å². The smallest absolute Gasteiger partial charge is 0.328 e. The van der Waals surface area contributed by atoms with Crippen LogP contribution in [-0.2, 0) is 27.2 Å². The van der Waals surface area contributed by atoms with E-state index in [1.807, 2.05) is 31.2 Å². The van der Waals surface area contributed by atoms with Crippen LogP contribution in [0.15, 0.2) is 42.5 Å². The van der Waals surface area contributed by atoms with Gasteiger partial charge in [-0.05, 0) is 24.1 Å². The molecular formula is C19H19F2NO3. The average molecular weight is 347 g/mol. The number of hydrogen-bond acceptors (Lipinski definition) is 3. The number of benzene rings is 2. The van der Waals surface area contributed by atoms with Crippen LogP contribution in [0.4, 0.5) is 8.78 Å². The Morgan fingerprint density at radius 1 is 1.16 bits per heavy atom. The van der Waals surface area contributed by atoms with Gasteiger partial charge in [0, 0.05) is 12.5 Å². The Bertz CT molecular complexity index is 777. The number of halogens is 2. The standard InChI is InChI=1S/C19H19F2NO3/c1-12-4-3-5-13(8-12)9-17(19(24)25-2)22-18(23)10-14-6-7-15(20)11-16(14)21/h3-8,11,17H,9-10H2,1-2H3,(H,22,23)/t17-/m1/s1. The summed E-state index contributed by atoms with van der Waals surface area (Å²) in [4.78, 5) is 24.1. The highest BCUT2D eigenvalue weighted by molar-refractivity contribution is 5.85. The Hall–Kier alpha value is -2.76. The summed E-state index contributed by atoms with van der Waals surface area (Å²) in [7, 11) is 1.23. The zero-order valence-corrected chi connectivity index (χ0v) is 14.0. The molecule has 0 aliphatic heterocycles. The third-order valence-corrected chi connectivity index (χ3v) is 3.71. The molecule has 0 aliphatic carbocycles. The molecule has 0 saturated carbocycles. The van der Waals surface area contributed by atoms with Crippen molar-refractivity contribution in [3.05, 3.63) is 70.8 Å². The van der Waals surface area contributed by atoms with Gasteiger partial charge >= 0.3 is 5.97 Å². The molecule has 1 N–H and O–H groups in total. The number of carbonyl (C=O) groups is 2. The molecular weight excluding hydrogens is 328 g/mol. The molecule has 0 saturated heterocycles. The van der Waals surface area contributed by atoms with Gasteiger partial charge in [0.15, 0.2) is 0 Å². The number of carbonyl (C=O) groups excluding carboxylic acids is 2. The lowest BCUT2D eigenvalue weighted by atomic mass is 10.0. The first-order valence-electron chi connectivity index (χ1n) is 7.75. The molecule has 2 aromatic rings. The van der Waals surface area contributed by atoms with Crippen molar-refractivity contribution in [2.75, 3.05) is 7.11 Å². The lowest BCUT2D eigenvalue weighted by molar-refractivity contribution is -0.145. The van der Waals surface area contributed by atoms with E-state index in [0.717, 1.165) is 17.2 Å². The number of methoxy groups -OCH3 is 1. The molecule has 1 atom stereocenters. The minimum Gasteiger partial charge on any atom is -0.467 e. The Labute approximate surface area is 144 Å². The van der Waals surface area contributed by atoms with E-state index >= 15 is 0 Å². The fraction of sp³-hybridized carbons (Fsp3) is 0.263. The first-order chi connectivity index (χ1) is 11.9. The van der Waals surface area contributed by atoms with E-state index in [9.17, 15) is 18.4 Å². The van der Waals surface area contributed by atoms with Crippen LogP contribution in [0.5, 0.6) is 0 Å². The molecule has 0 radical (unpaired) electrons. The third-order valence-electron chi connectivity index (χ3n) is 3.71. The summed E-state index contributed by atoms with van der Waals surface area (Å²) < 4.78 is 31.3. The first kappa shape index (κ1) is 18.6. The first-order valence-corrected chi connectivity index (χ1v) is 7.75. The highest BCUT2D eigenvalue weighted by atomic mass is 19.1. The summed E-state index contributed by atoms with van der Waals surface area (Å²) in [5.74, 6) is -2.65. The molecule has 25 heavy (non-hydrogen) atoms. The van der Waals surface area contributed by atoms with Gasteiger partial charge in [0.1, 0.15) is 17.7 Å². The van der Waals surface area contributed by atoms with Gasteiger partial charge in [0.2, 0.25) is 5.91 Å². The molecule has 0 heterocycles. The lowest BCUT2D eigenvalue weighted by Gasteiger charge is -2.17. The number of aryl methyl sites for hydroxylation is 1. The Balaban J connectivity index is 2.08. The van der Waals surface area contributed by atoms with Crippen molar-refractivity contribution < 1.29 is 23.1 Å². The van der Waals surface area contributed by atoms with E-state index in [1.165, 1.54) is 13.2 Å². The van der Waals surface area contributed by atoms with E-state index in [-0.39, 0.29) is 18.4 Å². The quantitative estimate of drug-likeness (QED) is 0.818. The summed E-state index contributed by atoms with van der Waals surface area (Å²) in [5.41, 5.74) is 1.95. The molecule has 0 bridgehead atoms. The van der Waals surface area contributed by atoms with Crippen molar-refractivity contribution in [1.29, 1.82) is 0 Å². The van der Waals surface area contributed by atoms with Crippen molar-refractivity contribution in [3.8, 4) is 0 Å². The van der Waals surface area contributed by atoms with Gasteiger partial charge in [-0.1, -0.05) is 35.9 Å². The highest BCUT2D eigenvalue weighted by Gasteiger charge is 2.22. The summed E-state index contributed by atoms with van der Waals surface area (Å²) in [6.45, 7) is 1.92. The van der Waals surface area contributed by atoms with Gasteiger partial charge in [0.05, 0.1) is 13.5 Å². The molecule has 0 aromatic heterocycles. The van der Waals surface area contributed by atoms with Gasteiger partial charge in [-0.2, -0.15) is 0 Å². The zero-order valence-electron chi connectivity index (χ0n) is 14.0. The van der Waals surface area contributed by atoms with Gasteiger partial charge in [-0.15, -0.1) is 0 Å². The van der Waals surface area contributed by atoms with Crippen LogP contribution in [0.3, 0.4) is 0 Å². The lowest BCUT2D eigenvalue weighted by Crippen LogP contribution is -2.43. The Morgan fingerprint density at radius 2 is 1.92 bits per heavy atom. The number of esters is 1. The van der Waals surface area contributed by atoms with Crippen molar-refractivity contribution in [1.82, 2.24) is 5.32 Å². The molecule has 0 unspecified atom stereocenters. The normalized spacial score (nSPS) is 11.7. The maximum atomic E-state index is 13.7. The summed E-state index contributed by atoms with van der Waals surface area (Å²) in [6.07, 6.45) is -0.0422. The number of amides is 1. The zero-order chi connectivity index (χ0) is 18.4. The molecule has 1 amide bonds. The predicted octanol–water partition coefficient (Wildman–Crippen LogP) is 2.72. The third kappa shape index (κ3) is 5.38. The van der Waals surface area contributed by atoms with Crippen LogP contribution in [-0.4, -0.2) is 25.0 Å². The number of ether oxygens (including phenoxy) is 1. The van der Waals surface area contributed by atoms with Gasteiger partial charge in [-0.25, -0.2) is 13.6 Å². The Kier molecular flexibility index (Phi) is 6.22. The molecule has 2 rings (SSSR count). The maximum Gasteiger partial charge on any atom is 0.328 e. The van der Waals surface area contributed by atoms with Crippen LogP contribution >= 0.6 is 0 Å². The largest absolute Gasteiger partial charge is 0.467 e. The summed E-state index contributed by atoms with van der Waals surface area (Å²) in [5, 5.41) is 2.55. The second-order valence-corrected chi connectivity index (χ2v) is 5.75. The minimum atomic E-state index is -0.886. The molecule has 4 nitrogen and oxygen atoms in total. The molecule has 0 fully saturated rings. The van der Waals surface area contributed by atoms with E-state index in [1.54, 1.807) is 0 Å². The van der Waals surface area contributed by atoms with Crippen molar-refractivity contribution in [2.45, 2.75) is 25.8 Å². The van der Waals surface area contributed by atoms with E-state index < -0.39 is 29.6 Å². The summed E-state index contributed by atoms with van der Waals surface area (Å²) in [6, 6.07) is 9.64. The average Bonchev–Trinajstić information content (AvgIpc) is 2.56. The molecule has 6 heteroatoms. The predicted molar refractivity (Wildman–Crippen MR) is 88.9 cm³/mol. The number of nitrogens with one attached hydrogen (secondary N) is 1. The van der Waals surface area contributed by atoms with E-state index in [4.69, 9.17) is 4.74 Å². The fourth-order valence-corrected chi connectivity index (χ4v) is 2.49. The van der Waals surface area contributed by atoms with Gasteiger partial charge in [-0.3, -0.25) is 4.79 Å². The molecule has 132 valence electrons. The minimum absolute atomic E-state index is 0.0538. The van der Waals surface area contributed by atoms with Gasteiger partial charge in [0.25, 0.3) is 0 Å². The molecule has 0 aliphatic rings. The topological polar surface area (TPSA) is 55.4 Å². The monoisotopic (exact) mass is 347 g/mol. The second kappa shape index (κ2) is 8.37. The molecule has 2 aromatic carbocycles.